The van der Waals surface area contributed by atoms with Crippen LogP contribution < -0.4 is 5.32 Å². The van der Waals surface area contributed by atoms with Gasteiger partial charge in [0.05, 0.1) is 0 Å². The number of likely N-dealkylation sites (N-methyl/N-ethyl adjacent to an activating group) is 2. The molecule has 3 heteroatoms. The Morgan fingerprint density at radius 1 is 1.19 bits per heavy atom. The van der Waals surface area contributed by atoms with E-state index in [2.05, 4.69) is 57.0 Å². The molecule has 0 radical (unpaired) electrons. The van der Waals surface area contributed by atoms with Gasteiger partial charge in [0.15, 0.2) is 0 Å². The molecule has 0 aromatic heterocycles. The van der Waals surface area contributed by atoms with E-state index in [4.69, 9.17) is 0 Å². The third-order valence-corrected chi connectivity index (χ3v) is 6.60. The van der Waals surface area contributed by atoms with E-state index >= 15 is 0 Å². The van der Waals surface area contributed by atoms with Gasteiger partial charge >= 0.3 is 0 Å². The molecule has 0 amide bonds. The van der Waals surface area contributed by atoms with Crippen molar-refractivity contribution in [2.24, 2.45) is 11.3 Å². The van der Waals surface area contributed by atoms with Crippen LogP contribution in [0, 0.1) is 11.3 Å². The van der Waals surface area contributed by atoms with Gasteiger partial charge in [-0.15, -0.1) is 0 Å². The number of nitrogens with one attached hydrogen (secondary N) is 1. The van der Waals surface area contributed by atoms with Gasteiger partial charge in [-0.3, -0.25) is 4.90 Å². The first-order chi connectivity index (χ1) is 9.89. The molecular weight excluding hydrogens is 258 g/mol. The third kappa shape index (κ3) is 3.80. The average molecular weight is 296 g/mol. The number of likely N-dealkylation sites (tertiary alicyclic amines) is 1. The number of hydrogen-bond donors (Lipinski definition) is 1. The van der Waals surface area contributed by atoms with Crippen LogP contribution in [0.15, 0.2) is 0 Å². The molecule has 1 aliphatic carbocycles. The van der Waals surface area contributed by atoms with Crippen LogP contribution in [0.4, 0.5) is 0 Å². The highest BCUT2D eigenvalue weighted by molar-refractivity contribution is 4.97. The van der Waals surface area contributed by atoms with Crippen LogP contribution in [0.5, 0.6) is 0 Å². The van der Waals surface area contributed by atoms with Crippen LogP contribution >= 0.6 is 0 Å². The maximum atomic E-state index is 3.61. The largest absolute Gasteiger partial charge is 0.315 e. The lowest BCUT2D eigenvalue weighted by Crippen LogP contribution is -2.53. The van der Waals surface area contributed by atoms with E-state index < -0.39 is 0 Å². The van der Waals surface area contributed by atoms with E-state index in [1.165, 1.54) is 45.2 Å². The van der Waals surface area contributed by atoms with Gasteiger partial charge in [0.2, 0.25) is 0 Å². The fourth-order valence-electron chi connectivity index (χ4n) is 4.38. The van der Waals surface area contributed by atoms with Gasteiger partial charge in [0, 0.05) is 31.2 Å². The van der Waals surface area contributed by atoms with Crippen LogP contribution in [0.2, 0.25) is 0 Å². The van der Waals surface area contributed by atoms with Crippen molar-refractivity contribution in [3.63, 3.8) is 0 Å². The molecule has 4 unspecified atom stereocenters. The molecule has 0 aromatic rings. The van der Waals surface area contributed by atoms with Crippen molar-refractivity contribution in [3.8, 4) is 0 Å². The Morgan fingerprint density at radius 3 is 2.43 bits per heavy atom. The fraction of sp³-hybridized carbons (Fsp3) is 1.00. The molecule has 124 valence electrons. The van der Waals surface area contributed by atoms with Gasteiger partial charge in [-0.25, -0.2) is 0 Å². The maximum absolute atomic E-state index is 3.61. The normalized spacial score (nSPS) is 35.6. The lowest BCUT2D eigenvalue weighted by atomic mass is 9.67. The molecule has 1 aliphatic heterocycles. The van der Waals surface area contributed by atoms with Crippen molar-refractivity contribution in [3.05, 3.63) is 0 Å². The Labute approximate surface area is 132 Å². The van der Waals surface area contributed by atoms with Crippen LogP contribution in [0.3, 0.4) is 0 Å². The van der Waals surface area contributed by atoms with Crippen molar-refractivity contribution in [2.75, 3.05) is 34.2 Å². The zero-order valence-electron chi connectivity index (χ0n) is 15.2. The highest BCUT2D eigenvalue weighted by Gasteiger charge is 2.41. The van der Waals surface area contributed by atoms with Crippen molar-refractivity contribution in [2.45, 2.75) is 71.0 Å². The zero-order chi connectivity index (χ0) is 15.6. The minimum atomic E-state index is 0.498. The van der Waals surface area contributed by atoms with Gasteiger partial charge < -0.3 is 10.2 Å². The summed E-state index contributed by atoms with van der Waals surface area (Å²) in [7, 11) is 6.61. The monoisotopic (exact) mass is 295 g/mol. The van der Waals surface area contributed by atoms with E-state index in [0.29, 0.717) is 11.5 Å². The molecule has 4 atom stereocenters. The van der Waals surface area contributed by atoms with Crippen LogP contribution in [-0.4, -0.2) is 62.2 Å². The topological polar surface area (TPSA) is 18.5 Å². The van der Waals surface area contributed by atoms with Crippen molar-refractivity contribution < 1.29 is 0 Å². The predicted octanol–water partition coefficient (Wildman–Crippen LogP) is 2.82. The molecule has 2 aliphatic rings. The Balaban J connectivity index is 2.04. The van der Waals surface area contributed by atoms with Crippen LogP contribution in [-0.2, 0) is 0 Å². The molecule has 0 bridgehead atoms. The van der Waals surface area contributed by atoms with Crippen LogP contribution in [0.25, 0.3) is 0 Å². The lowest BCUT2D eigenvalue weighted by Gasteiger charge is -2.46. The minimum Gasteiger partial charge on any atom is -0.315 e. The Bertz CT molecular complexity index is 326. The molecule has 0 spiro atoms. The Kier molecular flexibility index (Phi) is 5.72. The molecule has 1 saturated heterocycles. The highest BCUT2D eigenvalue weighted by atomic mass is 15.3. The number of nitrogens with zero attached hydrogens (tertiary/aromatic N) is 2. The van der Waals surface area contributed by atoms with Crippen LogP contribution in [0.1, 0.15) is 52.9 Å². The predicted molar refractivity (Wildman–Crippen MR) is 91.7 cm³/mol. The Hall–Kier alpha value is -0.120. The summed E-state index contributed by atoms with van der Waals surface area (Å²) in [5.41, 5.74) is 0.498. The van der Waals surface area contributed by atoms with Crippen molar-refractivity contribution >= 4 is 0 Å². The standard InChI is InChI=1S/C18H37N3/c1-7-18(2,3)14-8-9-16(19-4)17(12-14)21-11-10-15(13-21)20(5)6/h14-17,19H,7-13H2,1-6H3. The van der Waals surface area contributed by atoms with Gasteiger partial charge in [-0.05, 0) is 58.2 Å². The molecule has 21 heavy (non-hydrogen) atoms. The molecule has 0 aromatic carbocycles. The zero-order valence-corrected chi connectivity index (χ0v) is 15.2. The number of hydrogen-bond acceptors (Lipinski definition) is 3. The SMILES string of the molecule is CCC(C)(C)C1CCC(NC)C(N2CCC(N(C)C)C2)C1. The fourth-order valence-corrected chi connectivity index (χ4v) is 4.38. The third-order valence-electron chi connectivity index (χ3n) is 6.60. The summed E-state index contributed by atoms with van der Waals surface area (Å²) in [4.78, 5) is 5.19. The smallest absolute Gasteiger partial charge is 0.0252 e. The average Bonchev–Trinajstić information content (AvgIpc) is 2.96. The molecule has 2 rings (SSSR count). The molecule has 1 saturated carbocycles. The minimum absolute atomic E-state index is 0.498. The van der Waals surface area contributed by atoms with Crippen molar-refractivity contribution in [1.29, 1.82) is 0 Å². The summed E-state index contributed by atoms with van der Waals surface area (Å²) in [5.74, 6) is 0.885. The second kappa shape index (κ2) is 6.97. The maximum Gasteiger partial charge on any atom is 0.0252 e. The van der Waals surface area contributed by atoms with Gasteiger partial charge in [-0.2, -0.15) is 0 Å². The molecule has 1 N–H and O–H groups in total. The second-order valence-corrected chi connectivity index (χ2v) is 8.22. The summed E-state index contributed by atoms with van der Waals surface area (Å²) in [5, 5.41) is 3.61. The first-order valence-electron chi connectivity index (χ1n) is 8.96. The van der Waals surface area contributed by atoms with E-state index in [1.807, 2.05) is 0 Å². The van der Waals surface area contributed by atoms with E-state index in [9.17, 15) is 0 Å². The van der Waals surface area contributed by atoms with E-state index in [-0.39, 0.29) is 0 Å². The summed E-state index contributed by atoms with van der Waals surface area (Å²) in [6.45, 7) is 9.85. The molecular formula is C18H37N3. The first kappa shape index (κ1) is 17.2. The number of rotatable bonds is 5. The van der Waals surface area contributed by atoms with E-state index in [0.717, 1.165) is 18.0 Å². The quantitative estimate of drug-likeness (QED) is 0.841. The molecule has 1 heterocycles. The lowest BCUT2D eigenvalue weighted by molar-refractivity contribution is 0.0606. The summed E-state index contributed by atoms with van der Waals surface area (Å²) in [6, 6.07) is 2.18. The molecule has 2 fully saturated rings. The highest BCUT2D eigenvalue weighted by Crippen LogP contribution is 2.42. The second-order valence-electron chi connectivity index (χ2n) is 8.22. The molecule has 3 nitrogen and oxygen atoms in total. The summed E-state index contributed by atoms with van der Waals surface area (Å²) in [6.07, 6.45) is 6.76. The van der Waals surface area contributed by atoms with Gasteiger partial charge in [-0.1, -0.05) is 27.2 Å². The van der Waals surface area contributed by atoms with Crippen molar-refractivity contribution in [1.82, 2.24) is 15.1 Å². The van der Waals surface area contributed by atoms with Gasteiger partial charge in [0.1, 0.15) is 0 Å². The summed E-state index contributed by atoms with van der Waals surface area (Å²) < 4.78 is 0. The first-order valence-corrected chi connectivity index (χ1v) is 8.96. The van der Waals surface area contributed by atoms with E-state index in [1.54, 1.807) is 0 Å². The summed E-state index contributed by atoms with van der Waals surface area (Å²) >= 11 is 0. The Morgan fingerprint density at radius 2 is 1.90 bits per heavy atom. The van der Waals surface area contributed by atoms with Gasteiger partial charge in [0.25, 0.3) is 0 Å².